The molecular formula is C12H12BrF3N2. The Morgan fingerprint density at radius 3 is 2.50 bits per heavy atom. The van der Waals surface area contributed by atoms with Crippen molar-refractivity contribution < 1.29 is 13.2 Å². The van der Waals surface area contributed by atoms with Crippen LogP contribution in [0.3, 0.4) is 0 Å². The summed E-state index contributed by atoms with van der Waals surface area (Å²) in [5, 5.41) is 11.2. The molecule has 1 rings (SSSR count). The molecule has 0 aliphatic rings. The molecule has 1 unspecified atom stereocenters. The first-order valence-electron chi connectivity index (χ1n) is 5.30. The van der Waals surface area contributed by atoms with Gasteiger partial charge in [0.25, 0.3) is 0 Å². The molecule has 1 aromatic rings. The number of benzene rings is 1. The van der Waals surface area contributed by atoms with Crippen molar-refractivity contribution in [3.05, 3.63) is 34.3 Å². The van der Waals surface area contributed by atoms with Crippen LogP contribution in [-0.4, -0.2) is 12.7 Å². The smallest absolute Gasteiger partial charge is 0.308 e. The van der Waals surface area contributed by atoms with Crippen molar-refractivity contribution >= 4 is 15.9 Å². The van der Waals surface area contributed by atoms with Crippen LogP contribution < -0.4 is 5.32 Å². The molecule has 0 saturated carbocycles. The summed E-state index contributed by atoms with van der Waals surface area (Å²) in [4.78, 5) is 0. The van der Waals surface area contributed by atoms with E-state index < -0.39 is 18.6 Å². The Hall–Kier alpha value is -1.06. The largest absolute Gasteiger partial charge is 0.405 e. The maximum Gasteiger partial charge on any atom is 0.405 e. The van der Waals surface area contributed by atoms with Crippen LogP contribution in [0.5, 0.6) is 0 Å². The lowest BCUT2D eigenvalue weighted by molar-refractivity contribution is -0.157. The summed E-state index contributed by atoms with van der Waals surface area (Å²) in [5.74, 6) is -1.98. The van der Waals surface area contributed by atoms with Gasteiger partial charge in [0, 0.05) is 17.1 Å². The number of nitrogens with one attached hydrogen (secondary N) is 1. The van der Waals surface area contributed by atoms with Gasteiger partial charge in [0.1, 0.15) is 0 Å². The number of hydrogen-bond donors (Lipinski definition) is 1. The normalized spacial score (nSPS) is 14.9. The molecule has 1 aromatic carbocycles. The summed E-state index contributed by atoms with van der Waals surface area (Å²) in [6, 6.07) is 8.27. The van der Waals surface area contributed by atoms with Gasteiger partial charge < -0.3 is 5.32 Å². The summed E-state index contributed by atoms with van der Waals surface area (Å²) >= 11 is 3.33. The van der Waals surface area contributed by atoms with Crippen LogP contribution in [0.2, 0.25) is 0 Å². The first-order valence-corrected chi connectivity index (χ1v) is 6.09. The molecule has 0 aromatic heterocycles. The zero-order valence-corrected chi connectivity index (χ0v) is 11.2. The van der Waals surface area contributed by atoms with Gasteiger partial charge in [-0.2, -0.15) is 18.4 Å². The first-order chi connectivity index (χ1) is 8.36. The fourth-order valence-electron chi connectivity index (χ4n) is 1.47. The average Bonchev–Trinajstić information content (AvgIpc) is 2.28. The van der Waals surface area contributed by atoms with Crippen molar-refractivity contribution in [2.24, 2.45) is 5.92 Å². The summed E-state index contributed by atoms with van der Waals surface area (Å²) in [6.45, 7) is 1.34. The van der Waals surface area contributed by atoms with E-state index in [0.29, 0.717) is 0 Å². The van der Waals surface area contributed by atoms with E-state index in [1.54, 1.807) is 6.92 Å². The van der Waals surface area contributed by atoms with E-state index in [1.165, 1.54) is 6.07 Å². The van der Waals surface area contributed by atoms with Gasteiger partial charge in [-0.05, 0) is 18.6 Å². The lowest BCUT2D eigenvalue weighted by atomic mass is 10.1. The van der Waals surface area contributed by atoms with Crippen LogP contribution in [0.4, 0.5) is 13.2 Å². The maximum absolute atomic E-state index is 12.4. The maximum atomic E-state index is 12.4. The number of nitrogens with zero attached hydrogens (tertiary/aromatic N) is 1. The second kappa shape index (κ2) is 6.21. The Morgan fingerprint density at radius 2 is 2.00 bits per heavy atom. The minimum Gasteiger partial charge on any atom is -0.308 e. The zero-order chi connectivity index (χ0) is 13.8. The van der Waals surface area contributed by atoms with Crippen LogP contribution in [0.15, 0.2) is 28.7 Å². The van der Waals surface area contributed by atoms with Gasteiger partial charge in [0.2, 0.25) is 0 Å². The van der Waals surface area contributed by atoms with Gasteiger partial charge in [-0.25, -0.2) is 0 Å². The summed E-state index contributed by atoms with van der Waals surface area (Å²) in [7, 11) is 0. The average molecular weight is 321 g/mol. The molecule has 2 nitrogen and oxygen atoms in total. The standard InChI is InChI=1S/C12H12BrF3N2/c1-8(10-4-2-3-5-11(10)13)18-7-9(6-17)12(14,15)16/h2-5,8-9,18H,7H2,1H3/t8-,9?/m1/s1. The van der Waals surface area contributed by atoms with Crippen LogP contribution in [-0.2, 0) is 0 Å². The molecule has 0 saturated heterocycles. The number of hydrogen-bond acceptors (Lipinski definition) is 2. The third-order valence-corrected chi connectivity index (χ3v) is 3.27. The molecule has 1 N–H and O–H groups in total. The van der Waals surface area contributed by atoms with Crippen molar-refractivity contribution in [3.8, 4) is 6.07 Å². The van der Waals surface area contributed by atoms with E-state index in [9.17, 15) is 13.2 Å². The van der Waals surface area contributed by atoms with Crippen LogP contribution in [0.1, 0.15) is 18.5 Å². The first kappa shape index (κ1) is 15.0. The van der Waals surface area contributed by atoms with Crippen molar-refractivity contribution in [2.45, 2.75) is 19.1 Å². The molecule has 6 heteroatoms. The third-order valence-electron chi connectivity index (χ3n) is 2.55. The monoisotopic (exact) mass is 320 g/mol. The highest BCUT2D eigenvalue weighted by molar-refractivity contribution is 9.10. The molecule has 0 bridgehead atoms. The Bertz CT molecular complexity index is 440. The van der Waals surface area contributed by atoms with Gasteiger partial charge >= 0.3 is 6.18 Å². The van der Waals surface area contributed by atoms with Gasteiger partial charge in [-0.3, -0.25) is 0 Å². The number of halogens is 4. The molecular weight excluding hydrogens is 309 g/mol. The number of nitriles is 1. The van der Waals surface area contributed by atoms with E-state index in [4.69, 9.17) is 5.26 Å². The minimum atomic E-state index is -4.49. The fourth-order valence-corrected chi connectivity index (χ4v) is 2.09. The number of rotatable bonds is 4. The minimum absolute atomic E-state index is 0.265. The van der Waals surface area contributed by atoms with Gasteiger partial charge in [-0.1, -0.05) is 34.1 Å². The van der Waals surface area contributed by atoms with Crippen molar-refractivity contribution in [1.29, 1.82) is 5.26 Å². The predicted molar refractivity (Wildman–Crippen MR) is 65.7 cm³/mol. The predicted octanol–water partition coefficient (Wildman–Crippen LogP) is 3.80. The van der Waals surface area contributed by atoms with E-state index in [0.717, 1.165) is 10.0 Å². The topological polar surface area (TPSA) is 35.8 Å². The third kappa shape index (κ3) is 4.00. The second-order valence-corrected chi connectivity index (χ2v) is 4.73. The highest BCUT2D eigenvalue weighted by Crippen LogP contribution is 2.27. The lowest BCUT2D eigenvalue weighted by Crippen LogP contribution is -2.33. The summed E-state index contributed by atoms with van der Waals surface area (Å²) < 4.78 is 38.0. The highest BCUT2D eigenvalue weighted by atomic mass is 79.9. The SMILES string of the molecule is C[C@@H](NCC(C#N)C(F)(F)F)c1ccccc1Br. The molecule has 18 heavy (non-hydrogen) atoms. The van der Waals surface area contributed by atoms with Crippen molar-refractivity contribution in [1.82, 2.24) is 5.32 Å². The summed E-state index contributed by atoms with van der Waals surface area (Å²) in [5.41, 5.74) is 0.858. The quantitative estimate of drug-likeness (QED) is 0.915. The van der Waals surface area contributed by atoms with Gasteiger partial charge in [-0.15, -0.1) is 0 Å². The van der Waals surface area contributed by atoms with Crippen molar-refractivity contribution in [2.75, 3.05) is 6.54 Å². The van der Waals surface area contributed by atoms with Crippen LogP contribution >= 0.6 is 15.9 Å². The van der Waals surface area contributed by atoms with Crippen LogP contribution in [0, 0.1) is 17.2 Å². The molecule has 2 atom stereocenters. The second-order valence-electron chi connectivity index (χ2n) is 3.87. The van der Waals surface area contributed by atoms with Crippen molar-refractivity contribution in [3.63, 3.8) is 0 Å². The van der Waals surface area contributed by atoms with Gasteiger partial charge in [0.15, 0.2) is 5.92 Å². The fraction of sp³-hybridized carbons (Fsp3) is 0.417. The van der Waals surface area contributed by atoms with E-state index in [-0.39, 0.29) is 6.04 Å². The summed E-state index contributed by atoms with van der Waals surface area (Å²) in [6.07, 6.45) is -4.49. The Balaban J connectivity index is 2.65. The van der Waals surface area contributed by atoms with Gasteiger partial charge in [0.05, 0.1) is 6.07 Å². The molecule has 98 valence electrons. The Kier molecular flexibility index (Phi) is 5.17. The zero-order valence-electron chi connectivity index (χ0n) is 9.63. The molecule has 0 heterocycles. The van der Waals surface area contributed by atoms with E-state index in [2.05, 4.69) is 21.2 Å². The molecule has 0 aliphatic heterocycles. The molecule has 0 amide bonds. The number of alkyl halides is 3. The lowest BCUT2D eigenvalue weighted by Gasteiger charge is -2.19. The Morgan fingerprint density at radius 1 is 1.39 bits per heavy atom. The molecule has 0 radical (unpaired) electrons. The van der Waals surface area contributed by atoms with E-state index >= 15 is 0 Å². The molecule has 0 aliphatic carbocycles. The van der Waals surface area contributed by atoms with E-state index in [1.807, 2.05) is 24.3 Å². The molecule has 0 fully saturated rings. The van der Waals surface area contributed by atoms with Crippen LogP contribution in [0.25, 0.3) is 0 Å². The Labute approximate surface area is 112 Å². The molecule has 0 spiro atoms. The highest BCUT2D eigenvalue weighted by Gasteiger charge is 2.39.